The Balaban J connectivity index is 1.49. The van der Waals surface area contributed by atoms with Crippen LogP contribution in [0.5, 0.6) is 0 Å². The Morgan fingerprint density at radius 2 is 1.83 bits per heavy atom. The number of aldehydes is 1. The summed E-state index contributed by atoms with van der Waals surface area (Å²) in [4.78, 5) is 51.5. The van der Waals surface area contributed by atoms with Crippen molar-refractivity contribution in [3.63, 3.8) is 0 Å². The molecule has 0 unspecified atom stereocenters. The van der Waals surface area contributed by atoms with Crippen LogP contribution in [0, 0.1) is 0 Å². The number of ether oxygens (including phenoxy) is 1. The van der Waals surface area contributed by atoms with Crippen molar-refractivity contribution in [2.45, 2.75) is 26.4 Å². The minimum Gasteiger partial charge on any atom is -0.443 e. The summed E-state index contributed by atoms with van der Waals surface area (Å²) in [6.45, 7) is 7.36. The van der Waals surface area contributed by atoms with E-state index in [2.05, 4.69) is 25.2 Å². The van der Waals surface area contributed by atoms with E-state index >= 15 is 0 Å². The number of hydrazine groups is 1. The monoisotopic (exact) mass is 555 g/mol. The van der Waals surface area contributed by atoms with Gasteiger partial charge in [0, 0.05) is 56.5 Å². The third-order valence-electron chi connectivity index (χ3n) is 6.70. The van der Waals surface area contributed by atoms with Crippen LogP contribution >= 0.6 is 0 Å². The second-order valence-electron chi connectivity index (χ2n) is 10.7. The molecule has 0 saturated carbocycles. The van der Waals surface area contributed by atoms with E-state index in [1.165, 1.54) is 11.2 Å². The zero-order chi connectivity index (χ0) is 29.0. The van der Waals surface area contributed by atoms with Crippen molar-refractivity contribution in [2.75, 3.05) is 42.9 Å². The maximum Gasteiger partial charge on any atom is 0.425 e. The Kier molecular flexibility index (Phi) is 7.97. The van der Waals surface area contributed by atoms with E-state index in [9.17, 15) is 14.4 Å². The normalized spacial score (nSPS) is 14.1. The smallest absolute Gasteiger partial charge is 0.425 e. The Hall–Kier alpha value is -4.77. The molecule has 2 amide bonds. The molecule has 1 aromatic carbocycles. The zero-order valence-electron chi connectivity index (χ0n) is 23.3. The van der Waals surface area contributed by atoms with Crippen LogP contribution in [0.3, 0.4) is 0 Å². The summed E-state index contributed by atoms with van der Waals surface area (Å²) in [6.07, 6.45) is 6.87. The Labute approximate surface area is 238 Å². The van der Waals surface area contributed by atoms with Crippen LogP contribution in [-0.2, 0) is 9.53 Å². The van der Waals surface area contributed by atoms with Gasteiger partial charge in [-0.25, -0.2) is 19.8 Å². The molecular formula is C30H33N7O4. The first-order valence-electron chi connectivity index (χ1n) is 13.5. The van der Waals surface area contributed by atoms with Crippen molar-refractivity contribution in [1.82, 2.24) is 25.0 Å². The van der Waals surface area contributed by atoms with E-state index in [1.54, 1.807) is 45.3 Å². The molecule has 1 aliphatic heterocycles. The Bertz CT molecular complexity index is 1530. The molecule has 0 spiro atoms. The van der Waals surface area contributed by atoms with Gasteiger partial charge in [0.2, 0.25) is 0 Å². The molecule has 1 fully saturated rings. The van der Waals surface area contributed by atoms with Crippen molar-refractivity contribution in [2.24, 2.45) is 0 Å². The van der Waals surface area contributed by atoms with E-state index in [1.807, 2.05) is 41.5 Å². The molecular weight excluding hydrogens is 522 g/mol. The van der Waals surface area contributed by atoms with Crippen molar-refractivity contribution in [1.29, 1.82) is 0 Å². The predicted octanol–water partition coefficient (Wildman–Crippen LogP) is 4.35. The predicted molar refractivity (Wildman–Crippen MR) is 157 cm³/mol. The first kappa shape index (κ1) is 27.8. The second-order valence-corrected chi connectivity index (χ2v) is 10.7. The highest BCUT2D eigenvalue weighted by molar-refractivity contribution is 6.13. The lowest BCUT2D eigenvalue weighted by Crippen LogP contribution is -2.57. The van der Waals surface area contributed by atoms with Gasteiger partial charge in [-0.2, -0.15) is 0 Å². The third-order valence-corrected chi connectivity index (χ3v) is 6.70. The highest BCUT2D eigenvalue weighted by Gasteiger charge is 2.31. The number of hydrogen-bond acceptors (Lipinski definition) is 8. The molecule has 0 radical (unpaired) electrons. The van der Waals surface area contributed by atoms with Gasteiger partial charge in [-0.15, -0.1) is 0 Å². The number of benzene rings is 1. The highest BCUT2D eigenvalue weighted by atomic mass is 16.6. The number of rotatable bonds is 7. The molecule has 0 atom stereocenters. The average Bonchev–Trinajstić information content (AvgIpc) is 3.38. The fourth-order valence-corrected chi connectivity index (χ4v) is 4.88. The number of piperazine rings is 1. The summed E-state index contributed by atoms with van der Waals surface area (Å²) in [5.41, 5.74) is 3.83. The molecule has 11 heteroatoms. The summed E-state index contributed by atoms with van der Waals surface area (Å²) < 4.78 is 5.55. The van der Waals surface area contributed by atoms with Crippen LogP contribution in [0.4, 0.5) is 16.2 Å². The molecule has 11 nitrogen and oxygen atoms in total. The van der Waals surface area contributed by atoms with Gasteiger partial charge in [0.25, 0.3) is 5.91 Å². The van der Waals surface area contributed by atoms with Gasteiger partial charge in [0.05, 0.1) is 28.9 Å². The summed E-state index contributed by atoms with van der Waals surface area (Å²) >= 11 is 0. The van der Waals surface area contributed by atoms with Crippen molar-refractivity contribution in [3.8, 4) is 11.1 Å². The number of aromatic amines is 1. The standard InChI is InChI=1S/C30H33N7O4/c1-30(2,3)41-29(40)37(16-17-38)36-14-12-35(13-15-36)26-23(21-8-5-4-6-9-21)19-32-27-25(26)24(20-33-27)34-28(39)22-10-7-11-31-18-22/h4-11,17-20H,12-16H2,1-3H3,(H,32,33)(H,34,39). The van der Waals surface area contributed by atoms with Crippen molar-refractivity contribution in [3.05, 3.63) is 72.8 Å². The lowest BCUT2D eigenvalue weighted by molar-refractivity contribution is -0.114. The second kappa shape index (κ2) is 11.8. The topological polar surface area (TPSA) is 124 Å². The summed E-state index contributed by atoms with van der Waals surface area (Å²) in [5, 5.41) is 7.03. The Morgan fingerprint density at radius 3 is 2.49 bits per heavy atom. The van der Waals surface area contributed by atoms with Gasteiger partial charge in [-0.3, -0.25) is 9.78 Å². The molecule has 4 aromatic rings. The van der Waals surface area contributed by atoms with Crippen LogP contribution in [0.15, 0.2) is 67.3 Å². The van der Waals surface area contributed by atoms with E-state index in [-0.39, 0.29) is 12.5 Å². The van der Waals surface area contributed by atoms with E-state index in [0.29, 0.717) is 49.4 Å². The zero-order valence-corrected chi connectivity index (χ0v) is 23.3. The number of carbonyl (C=O) groups excluding carboxylic acids is 3. The van der Waals surface area contributed by atoms with E-state index < -0.39 is 11.7 Å². The first-order chi connectivity index (χ1) is 19.7. The van der Waals surface area contributed by atoms with Crippen LogP contribution in [0.25, 0.3) is 22.2 Å². The van der Waals surface area contributed by atoms with Gasteiger partial charge < -0.3 is 24.7 Å². The number of carbonyl (C=O) groups is 3. The maximum absolute atomic E-state index is 13.1. The van der Waals surface area contributed by atoms with Crippen LogP contribution in [0.2, 0.25) is 0 Å². The molecule has 2 N–H and O–H groups in total. The number of aromatic nitrogens is 3. The minimum atomic E-state index is -0.682. The van der Waals surface area contributed by atoms with E-state index in [4.69, 9.17) is 4.74 Å². The minimum absolute atomic E-state index is 0.0913. The highest BCUT2D eigenvalue weighted by Crippen LogP contribution is 2.40. The molecule has 0 aliphatic carbocycles. The largest absolute Gasteiger partial charge is 0.443 e. The number of hydrogen-bond donors (Lipinski definition) is 2. The number of H-pyrrole nitrogens is 1. The number of nitrogens with zero attached hydrogens (tertiary/aromatic N) is 5. The van der Waals surface area contributed by atoms with Gasteiger partial charge in [-0.1, -0.05) is 30.3 Å². The maximum atomic E-state index is 13.1. The molecule has 41 heavy (non-hydrogen) atoms. The molecule has 4 heterocycles. The summed E-state index contributed by atoms with van der Waals surface area (Å²) in [6, 6.07) is 13.4. The number of anilines is 2. The molecule has 1 saturated heterocycles. The Morgan fingerprint density at radius 1 is 1.07 bits per heavy atom. The summed E-state index contributed by atoms with van der Waals surface area (Å²) in [7, 11) is 0. The van der Waals surface area contributed by atoms with Gasteiger partial charge in [0.15, 0.2) is 0 Å². The molecule has 3 aromatic heterocycles. The number of pyridine rings is 2. The lowest BCUT2D eigenvalue weighted by Gasteiger charge is -2.42. The quantitative estimate of drug-likeness (QED) is 0.323. The number of amides is 2. The van der Waals surface area contributed by atoms with Crippen molar-refractivity contribution < 1.29 is 19.1 Å². The summed E-state index contributed by atoms with van der Waals surface area (Å²) in [5.74, 6) is -0.276. The van der Waals surface area contributed by atoms with Crippen LogP contribution in [0.1, 0.15) is 31.1 Å². The molecule has 1 aliphatic rings. The first-order valence-corrected chi connectivity index (χ1v) is 13.5. The third kappa shape index (κ3) is 6.20. The van der Waals surface area contributed by atoms with Crippen molar-refractivity contribution >= 4 is 40.7 Å². The van der Waals surface area contributed by atoms with Gasteiger partial charge in [-0.05, 0) is 38.5 Å². The SMILES string of the molecule is CC(C)(C)OC(=O)N(CC=O)N1CCN(c2c(-c3ccccc3)cnc3[nH]cc(NC(=O)c4cccnc4)c23)CC1. The van der Waals surface area contributed by atoms with Gasteiger partial charge >= 0.3 is 6.09 Å². The van der Waals surface area contributed by atoms with Gasteiger partial charge in [0.1, 0.15) is 17.5 Å². The average molecular weight is 556 g/mol. The molecule has 212 valence electrons. The van der Waals surface area contributed by atoms with Crippen LogP contribution < -0.4 is 10.2 Å². The number of nitrogens with one attached hydrogen (secondary N) is 2. The fraction of sp³-hybridized carbons (Fsp3) is 0.300. The molecule has 5 rings (SSSR count). The molecule has 0 bridgehead atoms. The van der Waals surface area contributed by atoms with E-state index in [0.717, 1.165) is 22.2 Å². The fourth-order valence-electron chi connectivity index (χ4n) is 4.88. The van der Waals surface area contributed by atoms with Crippen LogP contribution in [-0.4, -0.2) is 81.6 Å². The number of fused-ring (bicyclic) bond motifs is 1. The lowest BCUT2D eigenvalue weighted by atomic mass is 10.0.